The number of hydrazine groups is 1. The molecule has 23 heavy (non-hydrogen) atoms. The molecule has 0 aliphatic carbocycles. The van der Waals surface area contributed by atoms with E-state index in [1.807, 2.05) is 0 Å². The number of hydrogen-bond donors (Lipinski definition) is 2. The average molecular weight is 333 g/mol. The predicted octanol–water partition coefficient (Wildman–Crippen LogP) is 2.48. The van der Waals surface area contributed by atoms with Crippen molar-refractivity contribution < 1.29 is 27.6 Å². The summed E-state index contributed by atoms with van der Waals surface area (Å²) in [4.78, 5) is 21.9. The standard InChI is InChI=1S/C13H14F3N3O4/c14-13(15,16)9-1-2-10(11(7-9)19(21)22)17-18-12(20)8-3-5-23-6-4-8/h1-2,7-8,17H,3-6H2,(H,18,20). The number of nitro benzene ring substituents is 1. The van der Waals surface area contributed by atoms with Gasteiger partial charge in [-0.2, -0.15) is 13.2 Å². The van der Waals surface area contributed by atoms with Gasteiger partial charge in [-0.3, -0.25) is 25.8 Å². The molecule has 0 bridgehead atoms. The van der Waals surface area contributed by atoms with Gasteiger partial charge in [0.2, 0.25) is 5.91 Å². The number of halogens is 3. The molecule has 0 unspecified atom stereocenters. The summed E-state index contributed by atoms with van der Waals surface area (Å²) in [5, 5.41) is 10.9. The van der Waals surface area contributed by atoms with E-state index in [4.69, 9.17) is 4.74 Å². The second-order valence-electron chi connectivity index (χ2n) is 4.99. The first-order valence-corrected chi connectivity index (χ1v) is 6.78. The van der Waals surface area contributed by atoms with E-state index in [0.29, 0.717) is 38.2 Å². The quantitative estimate of drug-likeness (QED) is 0.652. The first kappa shape index (κ1) is 17.0. The number of carbonyl (C=O) groups is 1. The molecule has 1 aliphatic rings. The molecule has 1 amide bonds. The Morgan fingerprint density at radius 3 is 2.52 bits per heavy atom. The van der Waals surface area contributed by atoms with Gasteiger partial charge in [0, 0.05) is 25.2 Å². The maximum atomic E-state index is 12.6. The number of nitrogens with one attached hydrogen (secondary N) is 2. The Balaban J connectivity index is 2.09. The number of ether oxygens (including phenoxy) is 1. The maximum absolute atomic E-state index is 12.6. The molecule has 2 rings (SSSR count). The molecule has 0 radical (unpaired) electrons. The van der Waals surface area contributed by atoms with Gasteiger partial charge in [0.05, 0.1) is 10.5 Å². The van der Waals surface area contributed by atoms with Gasteiger partial charge in [-0.05, 0) is 25.0 Å². The number of hydrogen-bond acceptors (Lipinski definition) is 5. The second-order valence-corrected chi connectivity index (χ2v) is 4.99. The van der Waals surface area contributed by atoms with Crippen molar-refractivity contribution in [1.82, 2.24) is 5.43 Å². The molecule has 1 fully saturated rings. The first-order valence-electron chi connectivity index (χ1n) is 6.78. The Kier molecular flexibility index (Phi) is 5.04. The van der Waals surface area contributed by atoms with Crippen molar-refractivity contribution in [2.24, 2.45) is 5.92 Å². The number of carbonyl (C=O) groups excluding carboxylic acids is 1. The van der Waals surface area contributed by atoms with E-state index >= 15 is 0 Å². The SMILES string of the molecule is O=C(NNc1ccc(C(F)(F)F)cc1[N+](=O)[O-])C1CCOCC1. The minimum atomic E-state index is -4.69. The van der Waals surface area contributed by atoms with Crippen LogP contribution < -0.4 is 10.9 Å². The summed E-state index contributed by atoms with van der Waals surface area (Å²) < 4.78 is 42.9. The lowest BCUT2D eigenvalue weighted by Gasteiger charge is -2.21. The molecular weight excluding hydrogens is 319 g/mol. The number of amides is 1. The van der Waals surface area contributed by atoms with E-state index in [0.717, 1.165) is 6.07 Å². The number of benzene rings is 1. The highest BCUT2D eigenvalue weighted by molar-refractivity contribution is 5.80. The lowest BCUT2D eigenvalue weighted by Crippen LogP contribution is -2.37. The van der Waals surface area contributed by atoms with Gasteiger partial charge in [0.15, 0.2) is 0 Å². The molecule has 0 aromatic heterocycles. The van der Waals surface area contributed by atoms with Crippen LogP contribution in [0.15, 0.2) is 18.2 Å². The third-order valence-electron chi connectivity index (χ3n) is 3.43. The Hall–Kier alpha value is -2.36. The van der Waals surface area contributed by atoms with Gasteiger partial charge in [-0.25, -0.2) is 0 Å². The van der Waals surface area contributed by atoms with Crippen molar-refractivity contribution in [2.75, 3.05) is 18.6 Å². The summed E-state index contributed by atoms with van der Waals surface area (Å²) in [6.45, 7) is 0.886. The topological polar surface area (TPSA) is 93.5 Å². The van der Waals surface area contributed by atoms with Gasteiger partial charge in [-0.1, -0.05) is 0 Å². The van der Waals surface area contributed by atoms with Gasteiger partial charge in [0.1, 0.15) is 5.69 Å². The van der Waals surface area contributed by atoms with Crippen molar-refractivity contribution >= 4 is 17.3 Å². The normalized spacial score (nSPS) is 16.0. The minimum Gasteiger partial charge on any atom is -0.381 e. The monoisotopic (exact) mass is 333 g/mol. The Bertz CT molecular complexity index is 601. The largest absolute Gasteiger partial charge is 0.416 e. The zero-order valence-corrected chi connectivity index (χ0v) is 11.9. The van der Waals surface area contributed by atoms with Crippen molar-refractivity contribution in [3.8, 4) is 0 Å². The smallest absolute Gasteiger partial charge is 0.381 e. The van der Waals surface area contributed by atoms with Gasteiger partial charge >= 0.3 is 6.18 Å². The summed E-state index contributed by atoms with van der Waals surface area (Å²) in [6, 6.07) is 2.03. The van der Waals surface area contributed by atoms with Crippen molar-refractivity contribution in [1.29, 1.82) is 0 Å². The van der Waals surface area contributed by atoms with Crippen molar-refractivity contribution in [3.63, 3.8) is 0 Å². The van der Waals surface area contributed by atoms with Crippen LogP contribution in [0.2, 0.25) is 0 Å². The van der Waals surface area contributed by atoms with Gasteiger partial charge in [-0.15, -0.1) is 0 Å². The van der Waals surface area contributed by atoms with E-state index in [9.17, 15) is 28.1 Å². The highest BCUT2D eigenvalue weighted by Gasteiger charge is 2.33. The zero-order valence-electron chi connectivity index (χ0n) is 11.9. The lowest BCUT2D eigenvalue weighted by molar-refractivity contribution is -0.384. The molecule has 126 valence electrons. The summed E-state index contributed by atoms with van der Waals surface area (Å²) in [6.07, 6.45) is -3.65. The molecule has 0 atom stereocenters. The summed E-state index contributed by atoms with van der Waals surface area (Å²) in [7, 11) is 0. The second kappa shape index (κ2) is 6.82. The summed E-state index contributed by atoms with van der Waals surface area (Å²) in [5.41, 5.74) is 2.49. The van der Waals surface area contributed by atoms with E-state index in [1.165, 1.54) is 0 Å². The fourth-order valence-electron chi connectivity index (χ4n) is 2.16. The summed E-state index contributed by atoms with van der Waals surface area (Å²) in [5.74, 6) is -0.688. The van der Waals surface area contributed by atoms with E-state index in [2.05, 4.69) is 10.9 Å². The number of rotatable bonds is 4. The van der Waals surface area contributed by atoms with Crippen LogP contribution in [0, 0.1) is 16.0 Å². The van der Waals surface area contributed by atoms with Crippen LogP contribution in [0.5, 0.6) is 0 Å². The molecule has 10 heteroatoms. The highest BCUT2D eigenvalue weighted by Crippen LogP contribution is 2.34. The molecule has 0 saturated carbocycles. The fourth-order valence-corrected chi connectivity index (χ4v) is 2.16. The average Bonchev–Trinajstić information content (AvgIpc) is 2.52. The van der Waals surface area contributed by atoms with Crippen molar-refractivity contribution in [3.05, 3.63) is 33.9 Å². The zero-order chi connectivity index (χ0) is 17.0. The Morgan fingerprint density at radius 1 is 1.30 bits per heavy atom. The predicted molar refractivity (Wildman–Crippen MR) is 73.4 cm³/mol. The molecule has 2 N–H and O–H groups in total. The fraction of sp³-hybridized carbons (Fsp3) is 0.462. The molecule has 1 aromatic carbocycles. The molecular formula is C13H14F3N3O4. The van der Waals surface area contributed by atoms with Crippen LogP contribution in [0.25, 0.3) is 0 Å². The van der Waals surface area contributed by atoms with E-state index in [1.54, 1.807) is 0 Å². The number of nitro groups is 1. The van der Waals surface area contributed by atoms with Crippen LogP contribution in [-0.2, 0) is 15.7 Å². The van der Waals surface area contributed by atoms with E-state index < -0.39 is 22.4 Å². The number of nitrogens with zero attached hydrogens (tertiary/aromatic N) is 1. The van der Waals surface area contributed by atoms with Gasteiger partial charge in [0.25, 0.3) is 5.69 Å². The molecule has 7 nitrogen and oxygen atoms in total. The first-order chi connectivity index (χ1) is 10.8. The van der Waals surface area contributed by atoms with Crippen LogP contribution >= 0.6 is 0 Å². The van der Waals surface area contributed by atoms with E-state index in [-0.39, 0.29) is 17.5 Å². The molecule has 1 saturated heterocycles. The molecule has 1 heterocycles. The minimum absolute atomic E-state index is 0.219. The van der Waals surface area contributed by atoms with Crippen LogP contribution in [-0.4, -0.2) is 24.0 Å². The third-order valence-corrected chi connectivity index (χ3v) is 3.43. The summed E-state index contributed by atoms with van der Waals surface area (Å²) >= 11 is 0. The molecule has 1 aromatic rings. The Labute approximate surface area is 128 Å². The lowest BCUT2D eigenvalue weighted by atomic mass is 10.00. The molecule has 0 spiro atoms. The van der Waals surface area contributed by atoms with Crippen molar-refractivity contribution in [2.45, 2.75) is 19.0 Å². The van der Waals surface area contributed by atoms with Crippen LogP contribution in [0.1, 0.15) is 18.4 Å². The number of anilines is 1. The van der Waals surface area contributed by atoms with Gasteiger partial charge < -0.3 is 4.74 Å². The third kappa shape index (κ3) is 4.31. The number of alkyl halides is 3. The maximum Gasteiger partial charge on any atom is 0.416 e. The van der Waals surface area contributed by atoms with Crippen LogP contribution in [0.4, 0.5) is 24.5 Å². The highest BCUT2D eigenvalue weighted by atomic mass is 19.4. The Morgan fingerprint density at radius 2 is 1.96 bits per heavy atom. The van der Waals surface area contributed by atoms with Crippen LogP contribution in [0.3, 0.4) is 0 Å². The molecule has 1 aliphatic heterocycles.